The average molecular weight is 477 g/mol. The van der Waals surface area contributed by atoms with E-state index >= 15 is 0 Å². The van der Waals surface area contributed by atoms with Crippen LogP contribution in [0.25, 0.3) is 5.69 Å². The molecule has 4 aromatic rings. The molecule has 4 rings (SSSR count). The van der Waals surface area contributed by atoms with Gasteiger partial charge in [0.1, 0.15) is 11.6 Å². The summed E-state index contributed by atoms with van der Waals surface area (Å²) < 4.78 is 21.1. The van der Waals surface area contributed by atoms with Gasteiger partial charge in [0, 0.05) is 11.4 Å². The minimum atomic E-state index is -0.462. The highest BCUT2D eigenvalue weighted by Crippen LogP contribution is 2.28. The Kier molecular flexibility index (Phi) is 7.27. The molecule has 1 N–H and O–H groups in total. The van der Waals surface area contributed by atoms with Crippen molar-refractivity contribution in [2.24, 2.45) is 0 Å². The zero-order valence-corrected chi connectivity index (χ0v) is 20.0. The van der Waals surface area contributed by atoms with Crippen LogP contribution in [0.1, 0.15) is 30.0 Å². The molecule has 3 aromatic carbocycles. The summed E-state index contributed by atoms with van der Waals surface area (Å²) in [7, 11) is 0. The molecule has 1 heterocycles. The number of aryl methyl sites for hydroxylation is 2. The predicted molar refractivity (Wildman–Crippen MR) is 132 cm³/mol. The Labute approximate surface area is 202 Å². The molecule has 8 heteroatoms. The van der Waals surface area contributed by atoms with E-state index in [2.05, 4.69) is 15.5 Å². The van der Waals surface area contributed by atoms with Gasteiger partial charge in [0.15, 0.2) is 17.1 Å². The first-order valence-corrected chi connectivity index (χ1v) is 11.8. The maximum absolute atomic E-state index is 13.2. The zero-order chi connectivity index (χ0) is 24.1. The van der Waals surface area contributed by atoms with Crippen molar-refractivity contribution in [1.29, 1.82) is 0 Å². The summed E-state index contributed by atoms with van der Waals surface area (Å²) in [4.78, 5) is 12.7. The molecule has 0 saturated heterocycles. The van der Waals surface area contributed by atoms with Gasteiger partial charge in [0.2, 0.25) is 5.91 Å². The number of halogens is 1. The number of hydrogen-bond acceptors (Lipinski definition) is 5. The first-order valence-electron chi connectivity index (χ1n) is 10.8. The number of nitrogens with zero attached hydrogens (tertiary/aromatic N) is 3. The fraction of sp³-hybridized carbons (Fsp3) is 0.192. The molecular formula is C26H25FN4O2S. The summed E-state index contributed by atoms with van der Waals surface area (Å²) in [6.45, 7) is 5.81. The van der Waals surface area contributed by atoms with Crippen LogP contribution in [0.2, 0.25) is 0 Å². The number of carbonyl (C=O) groups excluding carboxylic acids is 1. The first kappa shape index (κ1) is 23.5. The van der Waals surface area contributed by atoms with Crippen molar-refractivity contribution < 1.29 is 13.9 Å². The zero-order valence-electron chi connectivity index (χ0n) is 19.2. The second-order valence-corrected chi connectivity index (χ2v) is 8.82. The Hall–Kier alpha value is -3.65. The van der Waals surface area contributed by atoms with E-state index in [1.807, 2.05) is 73.9 Å². The van der Waals surface area contributed by atoms with Gasteiger partial charge in [0.05, 0.1) is 5.75 Å². The van der Waals surface area contributed by atoms with E-state index in [0.717, 1.165) is 22.5 Å². The van der Waals surface area contributed by atoms with Crippen LogP contribution in [0.3, 0.4) is 0 Å². The summed E-state index contributed by atoms with van der Waals surface area (Å²) in [6, 6.07) is 21.4. The van der Waals surface area contributed by atoms with Gasteiger partial charge in [-0.25, -0.2) is 4.39 Å². The number of amides is 1. The Bertz CT molecular complexity index is 1280. The lowest BCUT2D eigenvalue weighted by atomic mass is 10.1. The Morgan fingerprint density at radius 1 is 1.06 bits per heavy atom. The summed E-state index contributed by atoms with van der Waals surface area (Å²) >= 11 is 1.30. The van der Waals surface area contributed by atoms with Crippen molar-refractivity contribution >= 4 is 23.4 Å². The summed E-state index contributed by atoms with van der Waals surface area (Å²) in [5.41, 5.74) is 3.74. The lowest BCUT2D eigenvalue weighted by molar-refractivity contribution is -0.113. The van der Waals surface area contributed by atoms with E-state index in [0.29, 0.717) is 16.7 Å². The summed E-state index contributed by atoms with van der Waals surface area (Å²) in [5.74, 6) is 0.821. The number of aromatic nitrogens is 3. The second kappa shape index (κ2) is 10.5. The first-order chi connectivity index (χ1) is 16.4. The van der Waals surface area contributed by atoms with Crippen LogP contribution in [-0.4, -0.2) is 26.4 Å². The summed E-state index contributed by atoms with van der Waals surface area (Å²) in [5, 5.41) is 12.2. The fourth-order valence-corrected chi connectivity index (χ4v) is 4.17. The molecule has 0 saturated carbocycles. The molecule has 1 amide bonds. The minimum Gasteiger partial charge on any atom is -0.483 e. The average Bonchev–Trinajstić information content (AvgIpc) is 3.26. The van der Waals surface area contributed by atoms with Crippen LogP contribution in [0, 0.1) is 19.7 Å². The molecule has 174 valence electrons. The van der Waals surface area contributed by atoms with Crippen LogP contribution >= 0.6 is 11.8 Å². The van der Waals surface area contributed by atoms with E-state index in [-0.39, 0.29) is 17.5 Å². The predicted octanol–water partition coefficient (Wildman–Crippen LogP) is 5.89. The highest BCUT2D eigenvalue weighted by molar-refractivity contribution is 7.99. The highest BCUT2D eigenvalue weighted by atomic mass is 32.2. The van der Waals surface area contributed by atoms with Gasteiger partial charge >= 0.3 is 0 Å². The molecule has 0 fully saturated rings. The van der Waals surface area contributed by atoms with E-state index < -0.39 is 6.10 Å². The maximum atomic E-state index is 13.2. The molecule has 1 aromatic heterocycles. The lowest BCUT2D eigenvalue weighted by Crippen LogP contribution is -2.16. The molecule has 34 heavy (non-hydrogen) atoms. The summed E-state index contributed by atoms with van der Waals surface area (Å²) in [6.07, 6.45) is -0.462. The number of anilines is 1. The van der Waals surface area contributed by atoms with Crippen molar-refractivity contribution in [3.8, 4) is 11.4 Å². The largest absolute Gasteiger partial charge is 0.483 e. The van der Waals surface area contributed by atoms with E-state index in [4.69, 9.17) is 4.74 Å². The maximum Gasteiger partial charge on any atom is 0.234 e. The molecule has 0 radical (unpaired) electrons. The number of benzene rings is 3. The third-order valence-electron chi connectivity index (χ3n) is 5.16. The number of carbonyl (C=O) groups is 1. The van der Waals surface area contributed by atoms with Crippen molar-refractivity contribution in [1.82, 2.24) is 14.8 Å². The second-order valence-electron chi connectivity index (χ2n) is 7.88. The molecule has 6 nitrogen and oxygen atoms in total. The number of rotatable bonds is 8. The number of thioether (sulfide) groups is 1. The molecule has 1 atom stereocenters. The van der Waals surface area contributed by atoms with Crippen molar-refractivity contribution in [2.45, 2.75) is 32.0 Å². The highest BCUT2D eigenvalue weighted by Gasteiger charge is 2.22. The third kappa shape index (κ3) is 5.63. The van der Waals surface area contributed by atoms with Crippen LogP contribution in [0.5, 0.6) is 5.75 Å². The van der Waals surface area contributed by atoms with Gasteiger partial charge in [-0.15, -0.1) is 10.2 Å². The molecule has 0 aliphatic rings. The number of nitrogens with one attached hydrogen (secondary N) is 1. The standard InChI is InChI=1S/C26H25FN4O2S/c1-17-9-10-18(2)23(15-17)28-24(32)16-34-26-30-29-25(31(26)21-7-5-4-6-8-21)19(3)33-22-13-11-20(27)12-14-22/h4-15,19H,16H2,1-3H3,(H,28,32). The van der Waals surface area contributed by atoms with E-state index in [1.54, 1.807) is 12.1 Å². The Morgan fingerprint density at radius 3 is 2.53 bits per heavy atom. The molecule has 0 spiro atoms. The van der Waals surface area contributed by atoms with Crippen LogP contribution in [-0.2, 0) is 4.79 Å². The van der Waals surface area contributed by atoms with Crippen LogP contribution in [0.4, 0.5) is 10.1 Å². The molecule has 0 bridgehead atoms. The van der Waals surface area contributed by atoms with E-state index in [9.17, 15) is 9.18 Å². The quantitative estimate of drug-likeness (QED) is 0.321. The smallest absolute Gasteiger partial charge is 0.234 e. The van der Waals surface area contributed by atoms with E-state index in [1.165, 1.54) is 23.9 Å². The van der Waals surface area contributed by atoms with Gasteiger partial charge in [-0.05, 0) is 74.4 Å². The number of hydrogen-bond donors (Lipinski definition) is 1. The van der Waals surface area contributed by atoms with Gasteiger partial charge in [-0.3, -0.25) is 9.36 Å². The molecular weight excluding hydrogens is 451 g/mol. The number of ether oxygens (including phenoxy) is 1. The SMILES string of the molecule is Cc1ccc(C)c(NC(=O)CSc2nnc(C(C)Oc3ccc(F)cc3)n2-c2ccccc2)c1. The fourth-order valence-electron chi connectivity index (χ4n) is 3.41. The topological polar surface area (TPSA) is 69.0 Å². The van der Waals surface area contributed by atoms with Gasteiger partial charge < -0.3 is 10.1 Å². The van der Waals surface area contributed by atoms with Gasteiger partial charge in [-0.2, -0.15) is 0 Å². The monoisotopic (exact) mass is 476 g/mol. The van der Waals surface area contributed by atoms with Crippen molar-refractivity contribution in [3.63, 3.8) is 0 Å². The van der Waals surface area contributed by atoms with Crippen LogP contribution < -0.4 is 10.1 Å². The van der Waals surface area contributed by atoms with Crippen molar-refractivity contribution in [2.75, 3.05) is 11.1 Å². The van der Waals surface area contributed by atoms with Gasteiger partial charge in [-0.1, -0.05) is 42.1 Å². The van der Waals surface area contributed by atoms with Crippen LogP contribution in [0.15, 0.2) is 78.0 Å². The minimum absolute atomic E-state index is 0.126. The van der Waals surface area contributed by atoms with Gasteiger partial charge in [0.25, 0.3) is 0 Å². The Morgan fingerprint density at radius 2 is 1.79 bits per heavy atom. The Balaban J connectivity index is 1.54. The number of para-hydroxylation sites is 1. The molecule has 0 aliphatic carbocycles. The molecule has 1 unspecified atom stereocenters. The lowest BCUT2D eigenvalue weighted by Gasteiger charge is -2.16. The molecule has 0 aliphatic heterocycles. The third-order valence-corrected chi connectivity index (χ3v) is 6.09. The van der Waals surface area contributed by atoms with Crippen molar-refractivity contribution in [3.05, 3.63) is 95.6 Å². The normalized spacial score (nSPS) is 11.8.